The second kappa shape index (κ2) is 7.78. The van der Waals surface area contributed by atoms with Gasteiger partial charge in [0.1, 0.15) is 0 Å². The molecule has 134 valence electrons. The lowest BCUT2D eigenvalue weighted by molar-refractivity contribution is -0.115. The second-order valence-corrected chi connectivity index (χ2v) is 5.75. The number of carbonyl (C=O) groups excluding carboxylic acids is 1. The molecular formula is C21H21NO4. The first-order chi connectivity index (χ1) is 12.7. The number of hydrogen-bond acceptors (Lipinski definition) is 4. The molecule has 1 amide bonds. The minimum atomic E-state index is -0.133. The van der Waals surface area contributed by atoms with Gasteiger partial charge >= 0.3 is 0 Å². The van der Waals surface area contributed by atoms with Crippen LogP contribution in [0.25, 0.3) is 10.8 Å². The third kappa shape index (κ3) is 3.42. The predicted molar refractivity (Wildman–Crippen MR) is 102 cm³/mol. The summed E-state index contributed by atoms with van der Waals surface area (Å²) in [7, 11) is 4.65. The van der Waals surface area contributed by atoms with E-state index in [0.717, 1.165) is 22.0 Å². The second-order valence-electron chi connectivity index (χ2n) is 5.75. The summed E-state index contributed by atoms with van der Waals surface area (Å²) in [4.78, 5) is 12.6. The van der Waals surface area contributed by atoms with Gasteiger partial charge in [0.05, 0.1) is 27.8 Å². The lowest BCUT2D eigenvalue weighted by atomic mass is 10.1. The highest BCUT2D eigenvalue weighted by Gasteiger charge is 2.18. The van der Waals surface area contributed by atoms with Crippen LogP contribution in [0.5, 0.6) is 17.2 Å². The van der Waals surface area contributed by atoms with Gasteiger partial charge in [0.15, 0.2) is 11.5 Å². The van der Waals surface area contributed by atoms with E-state index < -0.39 is 0 Å². The van der Waals surface area contributed by atoms with E-state index in [9.17, 15) is 4.79 Å². The Balaban J connectivity index is 1.86. The zero-order valence-corrected chi connectivity index (χ0v) is 15.0. The fraction of sp³-hybridized carbons (Fsp3) is 0.190. The van der Waals surface area contributed by atoms with E-state index >= 15 is 0 Å². The molecule has 0 unspecified atom stereocenters. The highest BCUT2D eigenvalue weighted by molar-refractivity contribution is 6.02. The van der Waals surface area contributed by atoms with Crippen LogP contribution in [-0.2, 0) is 11.2 Å². The van der Waals surface area contributed by atoms with Crippen molar-refractivity contribution in [2.45, 2.75) is 6.42 Å². The molecule has 3 aromatic rings. The number of fused-ring (bicyclic) bond motifs is 1. The van der Waals surface area contributed by atoms with Crippen molar-refractivity contribution in [3.63, 3.8) is 0 Å². The predicted octanol–water partition coefficient (Wildman–Crippen LogP) is 4.05. The summed E-state index contributed by atoms with van der Waals surface area (Å²) in [6.07, 6.45) is 0.159. The van der Waals surface area contributed by atoms with Crippen LogP contribution < -0.4 is 19.5 Å². The van der Waals surface area contributed by atoms with Crippen LogP contribution in [0.15, 0.2) is 54.6 Å². The number of carbonyl (C=O) groups is 1. The summed E-state index contributed by atoms with van der Waals surface area (Å²) in [6, 6.07) is 17.3. The average Bonchev–Trinajstić information content (AvgIpc) is 2.67. The van der Waals surface area contributed by atoms with Crippen LogP contribution in [0.2, 0.25) is 0 Å². The summed E-state index contributed by atoms with van der Waals surface area (Å²) in [5.74, 6) is 1.40. The van der Waals surface area contributed by atoms with Crippen molar-refractivity contribution in [3.8, 4) is 17.2 Å². The van der Waals surface area contributed by atoms with Crippen molar-refractivity contribution in [1.82, 2.24) is 0 Å². The minimum absolute atomic E-state index is 0.133. The molecule has 0 fully saturated rings. The normalized spacial score (nSPS) is 10.4. The molecule has 0 bridgehead atoms. The Morgan fingerprint density at radius 3 is 2.31 bits per heavy atom. The van der Waals surface area contributed by atoms with Crippen molar-refractivity contribution in [3.05, 3.63) is 60.2 Å². The topological polar surface area (TPSA) is 56.8 Å². The van der Waals surface area contributed by atoms with Crippen molar-refractivity contribution in [2.75, 3.05) is 26.6 Å². The summed E-state index contributed by atoms with van der Waals surface area (Å²) >= 11 is 0. The van der Waals surface area contributed by atoms with E-state index in [2.05, 4.69) is 5.32 Å². The average molecular weight is 351 g/mol. The van der Waals surface area contributed by atoms with Crippen molar-refractivity contribution >= 4 is 22.4 Å². The van der Waals surface area contributed by atoms with Crippen LogP contribution in [0.3, 0.4) is 0 Å². The number of anilines is 1. The molecule has 0 saturated carbocycles. The van der Waals surface area contributed by atoms with Gasteiger partial charge in [0, 0.05) is 16.6 Å². The van der Waals surface area contributed by atoms with E-state index in [4.69, 9.17) is 14.2 Å². The van der Waals surface area contributed by atoms with Gasteiger partial charge in [0.25, 0.3) is 0 Å². The number of benzene rings is 3. The Kier molecular flexibility index (Phi) is 5.27. The number of nitrogens with one attached hydrogen (secondary N) is 1. The van der Waals surface area contributed by atoms with Crippen LogP contribution in [-0.4, -0.2) is 27.2 Å². The monoisotopic (exact) mass is 351 g/mol. The zero-order chi connectivity index (χ0) is 18.5. The number of ether oxygens (including phenoxy) is 3. The fourth-order valence-corrected chi connectivity index (χ4v) is 3.00. The van der Waals surface area contributed by atoms with E-state index in [-0.39, 0.29) is 12.3 Å². The number of hydrogen-bond donors (Lipinski definition) is 1. The lowest BCUT2D eigenvalue weighted by Crippen LogP contribution is -2.15. The molecule has 5 heteroatoms. The summed E-state index contributed by atoms with van der Waals surface area (Å²) < 4.78 is 16.1. The quantitative estimate of drug-likeness (QED) is 0.728. The smallest absolute Gasteiger partial charge is 0.228 e. The maximum absolute atomic E-state index is 12.6. The largest absolute Gasteiger partial charge is 0.493 e. The molecule has 5 nitrogen and oxygen atoms in total. The van der Waals surface area contributed by atoms with Gasteiger partial charge in [-0.1, -0.05) is 42.5 Å². The van der Waals surface area contributed by atoms with Gasteiger partial charge in [-0.15, -0.1) is 0 Å². The van der Waals surface area contributed by atoms with E-state index in [1.807, 2.05) is 48.5 Å². The molecule has 0 heterocycles. The van der Waals surface area contributed by atoms with Crippen molar-refractivity contribution < 1.29 is 19.0 Å². The Morgan fingerprint density at radius 2 is 1.58 bits per heavy atom. The number of amides is 1. The molecule has 0 atom stereocenters. The summed E-state index contributed by atoms with van der Waals surface area (Å²) in [6.45, 7) is 0. The highest BCUT2D eigenvalue weighted by Crippen LogP contribution is 2.40. The van der Waals surface area contributed by atoms with Crippen molar-refractivity contribution in [2.24, 2.45) is 0 Å². The molecule has 1 N–H and O–H groups in total. The molecule has 0 radical (unpaired) electrons. The Bertz CT molecular complexity index is 931. The van der Waals surface area contributed by atoms with Crippen LogP contribution in [0.1, 0.15) is 5.56 Å². The maximum Gasteiger partial charge on any atom is 0.228 e. The third-order valence-corrected chi connectivity index (χ3v) is 4.20. The van der Waals surface area contributed by atoms with Crippen LogP contribution >= 0.6 is 0 Å². The molecule has 0 aliphatic heterocycles. The Labute approximate surface area is 152 Å². The molecule has 0 spiro atoms. The fourth-order valence-electron chi connectivity index (χ4n) is 3.00. The standard InChI is InChI=1S/C21H21NO4/c1-24-18-12-11-15(20(25-2)21(18)26-3)13-19(23)22-17-10-6-8-14-7-4-5-9-16(14)17/h4-12H,13H2,1-3H3,(H,22,23). The van der Waals surface area contributed by atoms with Gasteiger partial charge in [0.2, 0.25) is 11.7 Å². The zero-order valence-electron chi connectivity index (χ0n) is 15.0. The Morgan fingerprint density at radius 1 is 0.846 bits per heavy atom. The number of methoxy groups -OCH3 is 3. The first-order valence-electron chi connectivity index (χ1n) is 8.23. The molecule has 0 aromatic heterocycles. The summed E-state index contributed by atoms with van der Waals surface area (Å²) in [5.41, 5.74) is 1.51. The van der Waals surface area contributed by atoms with E-state index in [1.165, 1.54) is 0 Å². The van der Waals surface area contributed by atoms with E-state index in [1.54, 1.807) is 27.4 Å². The SMILES string of the molecule is COc1ccc(CC(=O)Nc2cccc3ccccc23)c(OC)c1OC. The highest BCUT2D eigenvalue weighted by atomic mass is 16.5. The van der Waals surface area contributed by atoms with Gasteiger partial charge in [-0.3, -0.25) is 4.79 Å². The molecular weight excluding hydrogens is 330 g/mol. The van der Waals surface area contributed by atoms with Gasteiger partial charge in [-0.25, -0.2) is 0 Å². The number of rotatable bonds is 6. The summed E-state index contributed by atoms with van der Waals surface area (Å²) in [5, 5.41) is 5.06. The van der Waals surface area contributed by atoms with Crippen LogP contribution in [0, 0.1) is 0 Å². The van der Waals surface area contributed by atoms with Gasteiger partial charge in [-0.2, -0.15) is 0 Å². The van der Waals surface area contributed by atoms with Crippen LogP contribution in [0.4, 0.5) is 5.69 Å². The van der Waals surface area contributed by atoms with Crippen molar-refractivity contribution in [1.29, 1.82) is 0 Å². The minimum Gasteiger partial charge on any atom is -0.493 e. The first-order valence-corrected chi connectivity index (χ1v) is 8.23. The first kappa shape index (κ1) is 17.6. The molecule has 0 aliphatic rings. The van der Waals surface area contributed by atoms with Gasteiger partial charge < -0.3 is 19.5 Å². The molecule has 3 aromatic carbocycles. The molecule has 26 heavy (non-hydrogen) atoms. The molecule has 3 rings (SSSR count). The maximum atomic E-state index is 12.6. The Hall–Kier alpha value is -3.21. The molecule has 0 saturated heterocycles. The third-order valence-electron chi connectivity index (χ3n) is 4.20. The van der Waals surface area contributed by atoms with Gasteiger partial charge in [-0.05, 0) is 17.5 Å². The molecule has 0 aliphatic carbocycles. The van der Waals surface area contributed by atoms with E-state index in [0.29, 0.717) is 17.2 Å². The lowest BCUT2D eigenvalue weighted by Gasteiger charge is -2.16.